The summed E-state index contributed by atoms with van der Waals surface area (Å²) >= 11 is 0. The molecule has 3 aromatic rings. The summed E-state index contributed by atoms with van der Waals surface area (Å²) in [5, 5.41) is 2.82. The van der Waals surface area contributed by atoms with Gasteiger partial charge in [0.05, 0.1) is 4.90 Å². The molecule has 30 heavy (non-hydrogen) atoms. The van der Waals surface area contributed by atoms with Crippen molar-refractivity contribution in [3.05, 3.63) is 83.4 Å². The van der Waals surface area contributed by atoms with Gasteiger partial charge < -0.3 is 10.1 Å². The summed E-state index contributed by atoms with van der Waals surface area (Å²) in [5.41, 5.74) is 3.93. The molecule has 156 valence electrons. The largest absolute Gasteiger partial charge is 0.483 e. The second-order valence-corrected chi connectivity index (χ2v) is 8.74. The monoisotopic (exact) mass is 424 g/mol. The minimum atomic E-state index is -3.72. The molecule has 0 aromatic heterocycles. The van der Waals surface area contributed by atoms with Crippen LogP contribution in [0.1, 0.15) is 16.7 Å². The Morgan fingerprint density at radius 2 is 1.63 bits per heavy atom. The van der Waals surface area contributed by atoms with Gasteiger partial charge in [-0.15, -0.1) is 0 Å². The third-order valence-electron chi connectivity index (χ3n) is 4.50. The van der Waals surface area contributed by atoms with Gasteiger partial charge in [0, 0.05) is 11.4 Å². The Morgan fingerprint density at radius 1 is 0.900 bits per heavy atom. The Labute approximate surface area is 177 Å². The first-order chi connectivity index (χ1) is 14.2. The molecule has 2 N–H and O–H groups in total. The van der Waals surface area contributed by atoms with Gasteiger partial charge in [-0.25, -0.2) is 8.42 Å². The first-order valence-electron chi connectivity index (χ1n) is 9.43. The molecule has 0 saturated carbocycles. The lowest BCUT2D eigenvalue weighted by atomic mass is 10.1. The molecule has 0 spiro atoms. The first kappa shape index (κ1) is 21.4. The zero-order valence-electron chi connectivity index (χ0n) is 17.1. The summed E-state index contributed by atoms with van der Waals surface area (Å²) in [5.74, 6) is 0.160. The number of benzene rings is 3. The lowest BCUT2D eigenvalue weighted by Gasteiger charge is -2.13. The van der Waals surface area contributed by atoms with Crippen molar-refractivity contribution in [2.24, 2.45) is 0 Å². The Balaban J connectivity index is 1.64. The van der Waals surface area contributed by atoms with Crippen LogP contribution in [0.3, 0.4) is 0 Å². The molecule has 0 saturated heterocycles. The second kappa shape index (κ2) is 9.00. The maximum Gasteiger partial charge on any atom is 0.262 e. The van der Waals surface area contributed by atoms with Crippen LogP contribution in [0, 0.1) is 20.8 Å². The Kier molecular flexibility index (Phi) is 6.42. The molecule has 0 bridgehead atoms. The van der Waals surface area contributed by atoms with E-state index in [2.05, 4.69) is 10.0 Å². The third-order valence-corrected chi connectivity index (χ3v) is 5.88. The van der Waals surface area contributed by atoms with Crippen LogP contribution >= 0.6 is 0 Å². The van der Waals surface area contributed by atoms with E-state index in [4.69, 9.17) is 4.74 Å². The van der Waals surface area contributed by atoms with Gasteiger partial charge in [0.1, 0.15) is 5.75 Å². The molecule has 0 unspecified atom stereocenters. The molecule has 0 radical (unpaired) electrons. The molecule has 7 heteroatoms. The highest BCUT2D eigenvalue weighted by Crippen LogP contribution is 2.24. The molecule has 0 aliphatic heterocycles. The standard InChI is InChI=1S/C23H24N2O4S/c1-16-9-11-21(17(2)13-16)24-23(26)15-29-22-12-10-20(14-18(22)3)30(27,28)25-19-7-5-4-6-8-19/h4-14,25H,15H2,1-3H3,(H,24,26). The van der Waals surface area contributed by atoms with Crippen LogP contribution in [0.4, 0.5) is 11.4 Å². The van der Waals surface area contributed by atoms with E-state index in [0.717, 1.165) is 16.8 Å². The zero-order valence-corrected chi connectivity index (χ0v) is 17.9. The van der Waals surface area contributed by atoms with Crippen molar-refractivity contribution >= 4 is 27.3 Å². The fraction of sp³-hybridized carbons (Fsp3) is 0.174. The van der Waals surface area contributed by atoms with Crippen LogP contribution < -0.4 is 14.8 Å². The molecule has 0 atom stereocenters. The van der Waals surface area contributed by atoms with Crippen LogP contribution in [0.25, 0.3) is 0 Å². The quantitative estimate of drug-likeness (QED) is 0.588. The fourth-order valence-electron chi connectivity index (χ4n) is 2.95. The van der Waals surface area contributed by atoms with E-state index in [-0.39, 0.29) is 17.4 Å². The average Bonchev–Trinajstić information content (AvgIpc) is 2.69. The number of aryl methyl sites for hydroxylation is 3. The van der Waals surface area contributed by atoms with Gasteiger partial charge in [-0.1, -0.05) is 35.9 Å². The summed E-state index contributed by atoms with van der Waals surface area (Å²) < 4.78 is 33.3. The number of hydrogen-bond acceptors (Lipinski definition) is 4. The third kappa shape index (κ3) is 5.39. The second-order valence-electron chi connectivity index (χ2n) is 7.05. The normalized spacial score (nSPS) is 11.0. The lowest BCUT2D eigenvalue weighted by Crippen LogP contribution is -2.21. The van der Waals surface area contributed by atoms with E-state index in [1.807, 2.05) is 38.1 Å². The minimum absolute atomic E-state index is 0.121. The summed E-state index contributed by atoms with van der Waals surface area (Å²) in [6.07, 6.45) is 0. The van der Waals surface area contributed by atoms with E-state index >= 15 is 0 Å². The highest BCUT2D eigenvalue weighted by atomic mass is 32.2. The van der Waals surface area contributed by atoms with E-state index < -0.39 is 10.0 Å². The fourth-order valence-corrected chi connectivity index (χ4v) is 4.10. The number of nitrogens with one attached hydrogen (secondary N) is 2. The summed E-state index contributed by atoms with van der Waals surface area (Å²) in [4.78, 5) is 12.3. The molecule has 6 nitrogen and oxygen atoms in total. The zero-order chi connectivity index (χ0) is 21.7. The van der Waals surface area contributed by atoms with Crippen molar-refractivity contribution < 1.29 is 17.9 Å². The van der Waals surface area contributed by atoms with Crippen LogP contribution in [0.2, 0.25) is 0 Å². The number of anilines is 2. The van der Waals surface area contributed by atoms with Crippen molar-refractivity contribution in [2.45, 2.75) is 25.7 Å². The number of rotatable bonds is 7. The molecule has 3 rings (SSSR count). The summed E-state index contributed by atoms with van der Waals surface area (Å²) in [6.45, 7) is 5.47. The van der Waals surface area contributed by atoms with Crippen molar-refractivity contribution in [3.63, 3.8) is 0 Å². The maximum absolute atomic E-state index is 12.6. The summed E-state index contributed by atoms with van der Waals surface area (Å²) in [7, 11) is -3.72. The maximum atomic E-state index is 12.6. The van der Waals surface area contributed by atoms with Gasteiger partial charge in [0.15, 0.2) is 6.61 Å². The van der Waals surface area contributed by atoms with Gasteiger partial charge in [0.25, 0.3) is 15.9 Å². The number of amides is 1. The predicted octanol–water partition coefficient (Wildman–Crippen LogP) is 4.43. The topological polar surface area (TPSA) is 84.5 Å². The number of hydrogen-bond donors (Lipinski definition) is 2. The SMILES string of the molecule is Cc1ccc(NC(=O)COc2ccc(S(=O)(=O)Nc3ccccc3)cc2C)c(C)c1. The van der Waals surface area contributed by atoms with E-state index in [1.54, 1.807) is 37.3 Å². The molecule has 0 aliphatic rings. The highest BCUT2D eigenvalue weighted by Gasteiger charge is 2.16. The van der Waals surface area contributed by atoms with Gasteiger partial charge in [0.2, 0.25) is 0 Å². The van der Waals surface area contributed by atoms with Crippen LogP contribution in [-0.2, 0) is 14.8 Å². The van der Waals surface area contributed by atoms with Gasteiger partial charge in [-0.05, 0) is 68.3 Å². The first-order valence-corrected chi connectivity index (χ1v) is 10.9. The average molecular weight is 425 g/mol. The van der Waals surface area contributed by atoms with E-state index in [9.17, 15) is 13.2 Å². The molecular weight excluding hydrogens is 400 g/mol. The van der Waals surface area contributed by atoms with Crippen LogP contribution in [0.5, 0.6) is 5.75 Å². The predicted molar refractivity (Wildman–Crippen MR) is 118 cm³/mol. The number of carbonyl (C=O) groups excluding carboxylic acids is 1. The molecular formula is C23H24N2O4S. The Hall–Kier alpha value is -3.32. The highest BCUT2D eigenvalue weighted by molar-refractivity contribution is 7.92. The molecule has 3 aromatic carbocycles. The Bertz CT molecular complexity index is 1160. The van der Waals surface area contributed by atoms with Gasteiger partial charge in [-0.3, -0.25) is 9.52 Å². The lowest BCUT2D eigenvalue weighted by molar-refractivity contribution is -0.118. The molecule has 0 fully saturated rings. The number of para-hydroxylation sites is 1. The minimum Gasteiger partial charge on any atom is -0.483 e. The molecule has 0 heterocycles. The van der Waals surface area contributed by atoms with Crippen LogP contribution in [-0.4, -0.2) is 20.9 Å². The van der Waals surface area contributed by atoms with Crippen LogP contribution in [0.15, 0.2) is 71.6 Å². The molecule has 0 aliphatic carbocycles. The number of ether oxygens (including phenoxy) is 1. The summed E-state index contributed by atoms with van der Waals surface area (Å²) in [6, 6.07) is 19.0. The van der Waals surface area contributed by atoms with E-state index in [0.29, 0.717) is 17.0 Å². The van der Waals surface area contributed by atoms with Crippen molar-refractivity contribution in [1.82, 2.24) is 0 Å². The Morgan fingerprint density at radius 3 is 2.30 bits per heavy atom. The number of sulfonamides is 1. The van der Waals surface area contributed by atoms with Crippen molar-refractivity contribution in [2.75, 3.05) is 16.6 Å². The van der Waals surface area contributed by atoms with Crippen molar-refractivity contribution in [1.29, 1.82) is 0 Å². The smallest absolute Gasteiger partial charge is 0.262 e. The molecule has 1 amide bonds. The number of carbonyl (C=O) groups is 1. The van der Waals surface area contributed by atoms with Gasteiger partial charge >= 0.3 is 0 Å². The van der Waals surface area contributed by atoms with E-state index in [1.165, 1.54) is 12.1 Å². The van der Waals surface area contributed by atoms with Gasteiger partial charge in [-0.2, -0.15) is 0 Å². The van der Waals surface area contributed by atoms with Crippen molar-refractivity contribution in [3.8, 4) is 5.75 Å².